The molecule has 12 heavy (non-hydrogen) atoms. The Morgan fingerprint density at radius 3 is 3.25 bits per heavy atom. The van der Waals surface area contributed by atoms with E-state index in [2.05, 4.69) is 25.2 Å². The van der Waals surface area contributed by atoms with Gasteiger partial charge in [0, 0.05) is 6.61 Å². The van der Waals surface area contributed by atoms with Gasteiger partial charge in [-0.15, -0.1) is 0 Å². The van der Waals surface area contributed by atoms with Crippen LogP contribution in [0, 0.1) is 5.92 Å². The zero-order chi connectivity index (χ0) is 8.39. The molecule has 0 bridgehead atoms. The maximum Gasteiger partial charge on any atom is 0.0618 e. The highest BCUT2D eigenvalue weighted by atomic mass is 16.5. The fourth-order valence-corrected chi connectivity index (χ4v) is 2.23. The minimum atomic E-state index is 0.506. The van der Waals surface area contributed by atoms with E-state index in [-0.39, 0.29) is 0 Å². The molecule has 0 heterocycles. The highest BCUT2D eigenvalue weighted by Crippen LogP contribution is 2.37. The van der Waals surface area contributed by atoms with Gasteiger partial charge < -0.3 is 4.74 Å². The third kappa shape index (κ3) is 1.46. The van der Waals surface area contributed by atoms with Crippen LogP contribution in [-0.4, -0.2) is 12.7 Å². The highest BCUT2D eigenvalue weighted by molar-refractivity contribution is 5.24. The highest BCUT2D eigenvalue weighted by Gasteiger charge is 2.29. The zero-order valence-corrected chi connectivity index (χ0v) is 7.62. The molecular weight excluding hydrogens is 148 g/mol. The minimum Gasteiger partial charge on any atom is -0.378 e. The number of hydrogen-bond donors (Lipinski definition) is 0. The van der Waals surface area contributed by atoms with E-state index in [0.717, 1.165) is 12.5 Å². The van der Waals surface area contributed by atoms with Gasteiger partial charge in [0.15, 0.2) is 0 Å². The molecule has 0 aromatic heterocycles. The summed E-state index contributed by atoms with van der Waals surface area (Å²) < 4.78 is 5.63. The lowest BCUT2D eigenvalue weighted by Gasteiger charge is -2.11. The van der Waals surface area contributed by atoms with Crippen molar-refractivity contribution in [2.75, 3.05) is 6.61 Å². The Bertz CT molecular complexity index is 215. The van der Waals surface area contributed by atoms with Gasteiger partial charge in [-0.1, -0.05) is 23.8 Å². The van der Waals surface area contributed by atoms with Gasteiger partial charge in [0.05, 0.1) is 6.10 Å². The molecule has 2 unspecified atom stereocenters. The predicted molar refractivity (Wildman–Crippen MR) is 50.0 cm³/mol. The molecule has 1 heteroatoms. The summed E-state index contributed by atoms with van der Waals surface area (Å²) in [6.45, 7) is 2.94. The standard InChI is InChI=1S/C11H16O/c1-2-12-11-7-9-5-3-4-6-10(9)8-11/h3-5,10-11H,2,6-8H2,1H3. The van der Waals surface area contributed by atoms with Crippen molar-refractivity contribution in [3.05, 3.63) is 23.8 Å². The number of fused-ring (bicyclic) bond motifs is 1. The Hall–Kier alpha value is -0.560. The molecule has 66 valence electrons. The molecule has 0 N–H and O–H groups in total. The predicted octanol–water partition coefficient (Wildman–Crippen LogP) is 2.69. The molecule has 0 saturated heterocycles. The Morgan fingerprint density at radius 2 is 2.50 bits per heavy atom. The van der Waals surface area contributed by atoms with Gasteiger partial charge in [-0.25, -0.2) is 0 Å². The molecule has 2 atom stereocenters. The lowest BCUT2D eigenvalue weighted by molar-refractivity contribution is 0.0666. The number of hydrogen-bond acceptors (Lipinski definition) is 1. The first-order valence-corrected chi connectivity index (χ1v) is 4.87. The van der Waals surface area contributed by atoms with Gasteiger partial charge in [-0.2, -0.15) is 0 Å². The first kappa shape index (κ1) is 8.06. The smallest absolute Gasteiger partial charge is 0.0618 e. The molecule has 0 amide bonds. The second kappa shape index (κ2) is 3.44. The van der Waals surface area contributed by atoms with Gasteiger partial charge in [0.2, 0.25) is 0 Å². The van der Waals surface area contributed by atoms with Crippen molar-refractivity contribution in [1.82, 2.24) is 0 Å². The van der Waals surface area contributed by atoms with Crippen molar-refractivity contribution in [2.24, 2.45) is 5.92 Å². The molecule has 2 aliphatic rings. The molecule has 2 rings (SSSR count). The Morgan fingerprint density at radius 1 is 1.58 bits per heavy atom. The van der Waals surface area contributed by atoms with Crippen LogP contribution in [0.15, 0.2) is 23.8 Å². The van der Waals surface area contributed by atoms with E-state index < -0.39 is 0 Å². The van der Waals surface area contributed by atoms with Crippen LogP contribution in [0.2, 0.25) is 0 Å². The third-order valence-electron chi connectivity index (χ3n) is 2.80. The molecule has 0 aromatic rings. The van der Waals surface area contributed by atoms with E-state index in [4.69, 9.17) is 4.74 Å². The van der Waals surface area contributed by atoms with Crippen molar-refractivity contribution in [2.45, 2.75) is 32.3 Å². The van der Waals surface area contributed by atoms with Crippen molar-refractivity contribution in [3.8, 4) is 0 Å². The van der Waals surface area contributed by atoms with Gasteiger partial charge in [-0.3, -0.25) is 0 Å². The van der Waals surface area contributed by atoms with E-state index in [1.54, 1.807) is 5.57 Å². The Kier molecular flexibility index (Phi) is 2.31. The minimum absolute atomic E-state index is 0.506. The van der Waals surface area contributed by atoms with Gasteiger partial charge in [0.25, 0.3) is 0 Å². The normalized spacial score (nSPS) is 33.2. The molecule has 0 radical (unpaired) electrons. The molecular formula is C11H16O. The first-order chi connectivity index (χ1) is 5.90. The Labute approximate surface area is 74.1 Å². The SMILES string of the molecule is CCOC1CC2=CC=CCC2C1. The van der Waals surface area contributed by atoms with E-state index in [0.29, 0.717) is 6.10 Å². The average Bonchev–Trinajstić information content (AvgIpc) is 2.47. The first-order valence-electron chi connectivity index (χ1n) is 4.87. The number of ether oxygens (including phenoxy) is 1. The summed E-state index contributed by atoms with van der Waals surface area (Å²) in [6, 6.07) is 0. The van der Waals surface area contributed by atoms with Crippen LogP contribution < -0.4 is 0 Å². The van der Waals surface area contributed by atoms with Crippen molar-refractivity contribution in [1.29, 1.82) is 0 Å². The van der Waals surface area contributed by atoms with Crippen LogP contribution in [0.4, 0.5) is 0 Å². The molecule has 1 nitrogen and oxygen atoms in total. The van der Waals surface area contributed by atoms with E-state index in [1.165, 1.54) is 19.3 Å². The van der Waals surface area contributed by atoms with Crippen molar-refractivity contribution < 1.29 is 4.74 Å². The van der Waals surface area contributed by atoms with Crippen LogP contribution in [0.25, 0.3) is 0 Å². The number of rotatable bonds is 2. The number of allylic oxidation sites excluding steroid dienone is 3. The zero-order valence-electron chi connectivity index (χ0n) is 7.62. The van der Waals surface area contributed by atoms with Gasteiger partial charge in [-0.05, 0) is 32.1 Å². The maximum atomic E-state index is 5.63. The molecule has 0 spiro atoms. The summed E-state index contributed by atoms with van der Waals surface area (Å²) in [4.78, 5) is 0. The second-order valence-electron chi connectivity index (χ2n) is 3.62. The van der Waals surface area contributed by atoms with Crippen LogP contribution in [0.1, 0.15) is 26.2 Å². The van der Waals surface area contributed by atoms with Crippen molar-refractivity contribution >= 4 is 0 Å². The maximum absolute atomic E-state index is 5.63. The van der Waals surface area contributed by atoms with E-state index in [9.17, 15) is 0 Å². The van der Waals surface area contributed by atoms with Crippen molar-refractivity contribution in [3.63, 3.8) is 0 Å². The van der Waals surface area contributed by atoms with Crippen LogP contribution in [0.5, 0.6) is 0 Å². The summed E-state index contributed by atoms with van der Waals surface area (Å²) in [7, 11) is 0. The van der Waals surface area contributed by atoms with E-state index in [1.807, 2.05) is 0 Å². The monoisotopic (exact) mass is 164 g/mol. The summed E-state index contributed by atoms with van der Waals surface area (Å²) in [6.07, 6.45) is 10.9. The second-order valence-corrected chi connectivity index (χ2v) is 3.62. The lowest BCUT2D eigenvalue weighted by Crippen LogP contribution is -2.07. The quantitative estimate of drug-likeness (QED) is 0.609. The van der Waals surface area contributed by atoms with E-state index >= 15 is 0 Å². The van der Waals surface area contributed by atoms with Crippen LogP contribution in [-0.2, 0) is 4.74 Å². The molecule has 0 aliphatic heterocycles. The summed E-state index contributed by atoms with van der Waals surface area (Å²) in [5.74, 6) is 0.798. The summed E-state index contributed by atoms with van der Waals surface area (Å²) in [5, 5.41) is 0. The van der Waals surface area contributed by atoms with Crippen LogP contribution >= 0.6 is 0 Å². The topological polar surface area (TPSA) is 9.23 Å². The Balaban J connectivity index is 1.98. The largest absolute Gasteiger partial charge is 0.378 e. The fraction of sp³-hybridized carbons (Fsp3) is 0.636. The molecule has 1 fully saturated rings. The molecule has 0 aromatic carbocycles. The molecule has 1 saturated carbocycles. The summed E-state index contributed by atoms with van der Waals surface area (Å²) in [5.41, 5.74) is 1.61. The van der Waals surface area contributed by atoms with Gasteiger partial charge >= 0.3 is 0 Å². The average molecular weight is 164 g/mol. The lowest BCUT2D eigenvalue weighted by atomic mass is 9.95. The third-order valence-corrected chi connectivity index (χ3v) is 2.80. The van der Waals surface area contributed by atoms with Crippen LogP contribution in [0.3, 0.4) is 0 Å². The summed E-state index contributed by atoms with van der Waals surface area (Å²) >= 11 is 0. The molecule has 2 aliphatic carbocycles. The fourth-order valence-electron chi connectivity index (χ4n) is 2.23. The van der Waals surface area contributed by atoms with Gasteiger partial charge in [0.1, 0.15) is 0 Å².